The molecule has 4 heteroatoms. The van der Waals surface area contributed by atoms with E-state index in [1.165, 1.54) is 11.1 Å². The maximum Gasteiger partial charge on any atom is 0.240 e. The van der Waals surface area contributed by atoms with Crippen LogP contribution in [0.5, 0.6) is 0 Å². The van der Waals surface area contributed by atoms with Crippen LogP contribution in [-0.4, -0.2) is 29.9 Å². The van der Waals surface area contributed by atoms with Crippen molar-refractivity contribution in [1.82, 2.24) is 10.2 Å². The molecule has 4 nitrogen and oxygen atoms in total. The molecule has 0 aromatic heterocycles. The van der Waals surface area contributed by atoms with Crippen molar-refractivity contribution < 1.29 is 4.79 Å². The van der Waals surface area contributed by atoms with Crippen LogP contribution in [0.2, 0.25) is 0 Å². The van der Waals surface area contributed by atoms with Gasteiger partial charge in [-0.2, -0.15) is 5.26 Å². The van der Waals surface area contributed by atoms with E-state index in [9.17, 15) is 10.1 Å². The van der Waals surface area contributed by atoms with Crippen LogP contribution in [0.4, 0.5) is 0 Å². The quantitative estimate of drug-likeness (QED) is 0.930. The number of amides is 1. The summed E-state index contributed by atoms with van der Waals surface area (Å²) in [6.07, 6.45) is 4.46. The first-order valence-electron chi connectivity index (χ1n) is 8.65. The third-order valence-corrected chi connectivity index (χ3v) is 5.45. The summed E-state index contributed by atoms with van der Waals surface area (Å²) in [5.41, 5.74) is 2.06. The summed E-state index contributed by atoms with van der Waals surface area (Å²) in [5, 5.41) is 12.4. The number of carbonyl (C=O) groups is 1. The number of nitriles is 1. The van der Waals surface area contributed by atoms with Crippen molar-refractivity contribution in [3.05, 3.63) is 35.4 Å². The second-order valence-corrected chi connectivity index (χ2v) is 6.95. The molecular formula is C19H25N3O. The van der Waals surface area contributed by atoms with Gasteiger partial charge >= 0.3 is 0 Å². The molecule has 0 bridgehead atoms. The monoisotopic (exact) mass is 311 g/mol. The van der Waals surface area contributed by atoms with Crippen molar-refractivity contribution in [1.29, 1.82) is 5.26 Å². The van der Waals surface area contributed by atoms with Crippen LogP contribution < -0.4 is 5.32 Å². The summed E-state index contributed by atoms with van der Waals surface area (Å²) in [6, 6.07) is 11.1. The van der Waals surface area contributed by atoms with Crippen molar-refractivity contribution in [3.8, 4) is 6.07 Å². The molecule has 1 aromatic rings. The zero-order valence-electron chi connectivity index (χ0n) is 13.8. The standard InChI is InChI=1S/C19H25N3O/c1-15(12-21-18(23)19(14-20)9-4-5-10-19)22-11-8-16-6-2-3-7-17(16)13-22/h2-3,6-7,15H,4-5,8-13H2,1H3,(H,21,23). The normalized spacial score (nSPS) is 21.2. The largest absolute Gasteiger partial charge is 0.353 e. The fourth-order valence-corrected chi connectivity index (χ4v) is 3.80. The highest BCUT2D eigenvalue weighted by atomic mass is 16.2. The molecule has 122 valence electrons. The first-order valence-corrected chi connectivity index (χ1v) is 8.65. The van der Waals surface area contributed by atoms with Gasteiger partial charge in [0.25, 0.3) is 0 Å². The molecule has 1 aliphatic carbocycles. The summed E-state index contributed by atoms with van der Waals surface area (Å²) in [7, 11) is 0. The van der Waals surface area contributed by atoms with Gasteiger partial charge in [-0.1, -0.05) is 37.1 Å². The van der Waals surface area contributed by atoms with Crippen LogP contribution in [0, 0.1) is 16.7 Å². The Morgan fingerprint density at radius 2 is 2.04 bits per heavy atom. The van der Waals surface area contributed by atoms with Crippen LogP contribution in [-0.2, 0) is 17.8 Å². The molecule has 1 heterocycles. The van der Waals surface area contributed by atoms with E-state index in [2.05, 4.69) is 47.5 Å². The first-order chi connectivity index (χ1) is 11.1. The topological polar surface area (TPSA) is 56.1 Å². The average Bonchev–Trinajstić information content (AvgIpc) is 3.09. The van der Waals surface area contributed by atoms with Gasteiger partial charge < -0.3 is 5.32 Å². The van der Waals surface area contributed by atoms with Crippen molar-refractivity contribution in [2.45, 2.75) is 51.6 Å². The average molecular weight is 311 g/mol. The van der Waals surface area contributed by atoms with Crippen molar-refractivity contribution in [2.24, 2.45) is 5.41 Å². The highest BCUT2D eigenvalue weighted by molar-refractivity contribution is 5.85. The third-order valence-electron chi connectivity index (χ3n) is 5.45. The molecule has 2 aliphatic rings. The highest BCUT2D eigenvalue weighted by Gasteiger charge is 2.41. The molecule has 0 saturated heterocycles. The number of hydrogen-bond acceptors (Lipinski definition) is 3. The number of nitrogens with one attached hydrogen (secondary N) is 1. The number of nitrogens with zero attached hydrogens (tertiary/aromatic N) is 2. The van der Waals surface area contributed by atoms with Gasteiger partial charge in [-0.3, -0.25) is 9.69 Å². The van der Waals surface area contributed by atoms with E-state index in [4.69, 9.17) is 0 Å². The van der Waals surface area contributed by atoms with Gasteiger partial charge in [0.05, 0.1) is 6.07 Å². The number of hydrogen-bond donors (Lipinski definition) is 1. The number of carbonyl (C=O) groups excluding carboxylic acids is 1. The van der Waals surface area contributed by atoms with Gasteiger partial charge in [0, 0.05) is 25.7 Å². The lowest BCUT2D eigenvalue weighted by molar-refractivity contribution is -0.128. The Morgan fingerprint density at radius 1 is 1.35 bits per heavy atom. The molecule has 1 aliphatic heterocycles. The maximum absolute atomic E-state index is 12.4. The maximum atomic E-state index is 12.4. The van der Waals surface area contributed by atoms with Gasteiger partial charge in [-0.15, -0.1) is 0 Å². The van der Waals surface area contributed by atoms with Crippen molar-refractivity contribution >= 4 is 5.91 Å². The second kappa shape index (κ2) is 6.72. The second-order valence-electron chi connectivity index (χ2n) is 6.95. The lowest BCUT2D eigenvalue weighted by Crippen LogP contribution is -2.47. The van der Waals surface area contributed by atoms with Crippen molar-refractivity contribution in [2.75, 3.05) is 13.1 Å². The summed E-state index contributed by atoms with van der Waals surface area (Å²) in [4.78, 5) is 14.8. The predicted molar refractivity (Wildman–Crippen MR) is 89.5 cm³/mol. The summed E-state index contributed by atoms with van der Waals surface area (Å²) >= 11 is 0. The predicted octanol–water partition coefficient (Wildman–Crippen LogP) is 2.63. The van der Waals surface area contributed by atoms with Crippen LogP contribution in [0.15, 0.2) is 24.3 Å². The SMILES string of the molecule is CC(CNC(=O)C1(C#N)CCCC1)N1CCc2ccccc2C1. The first kappa shape index (κ1) is 16.0. The molecule has 1 atom stereocenters. The summed E-state index contributed by atoms with van der Waals surface area (Å²) < 4.78 is 0. The molecule has 3 rings (SSSR count). The van der Waals surface area contributed by atoms with E-state index in [0.717, 1.165) is 32.4 Å². The summed E-state index contributed by atoms with van der Waals surface area (Å²) in [6.45, 7) is 4.74. The molecule has 1 saturated carbocycles. The lowest BCUT2D eigenvalue weighted by Gasteiger charge is -2.34. The Kier molecular flexibility index (Phi) is 4.68. The summed E-state index contributed by atoms with van der Waals surface area (Å²) in [5.74, 6) is -0.0678. The van der Waals surface area contributed by atoms with Gasteiger partial charge in [-0.05, 0) is 37.3 Å². The van der Waals surface area contributed by atoms with E-state index in [-0.39, 0.29) is 11.9 Å². The fraction of sp³-hybridized carbons (Fsp3) is 0.579. The zero-order chi connectivity index (χ0) is 16.3. The Hall–Kier alpha value is -1.86. The molecule has 1 N–H and O–H groups in total. The van der Waals surface area contributed by atoms with Crippen LogP contribution in [0.1, 0.15) is 43.7 Å². The minimum absolute atomic E-state index is 0.0678. The molecule has 1 amide bonds. The Bertz CT molecular complexity index is 613. The Balaban J connectivity index is 1.55. The minimum Gasteiger partial charge on any atom is -0.353 e. The molecule has 0 spiro atoms. The van der Waals surface area contributed by atoms with Crippen LogP contribution >= 0.6 is 0 Å². The highest BCUT2D eigenvalue weighted by Crippen LogP contribution is 2.37. The number of rotatable bonds is 4. The molecule has 23 heavy (non-hydrogen) atoms. The van der Waals surface area contributed by atoms with E-state index in [1.54, 1.807) is 0 Å². The molecule has 1 unspecified atom stereocenters. The minimum atomic E-state index is -0.770. The van der Waals surface area contributed by atoms with Gasteiger partial charge in [0.2, 0.25) is 5.91 Å². The van der Waals surface area contributed by atoms with Gasteiger partial charge in [0.15, 0.2) is 0 Å². The smallest absolute Gasteiger partial charge is 0.240 e. The molecular weight excluding hydrogens is 286 g/mol. The van der Waals surface area contributed by atoms with Gasteiger partial charge in [0.1, 0.15) is 5.41 Å². The Labute approximate surface area is 138 Å². The van der Waals surface area contributed by atoms with Crippen LogP contribution in [0.3, 0.4) is 0 Å². The number of fused-ring (bicyclic) bond motifs is 1. The lowest BCUT2D eigenvalue weighted by atomic mass is 9.87. The van der Waals surface area contributed by atoms with Crippen molar-refractivity contribution in [3.63, 3.8) is 0 Å². The molecule has 1 aromatic carbocycles. The Morgan fingerprint density at radius 3 is 2.74 bits per heavy atom. The molecule has 1 fully saturated rings. The van der Waals surface area contributed by atoms with E-state index in [0.29, 0.717) is 19.4 Å². The zero-order valence-corrected chi connectivity index (χ0v) is 13.8. The van der Waals surface area contributed by atoms with Crippen LogP contribution in [0.25, 0.3) is 0 Å². The molecule has 0 radical (unpaired) electrons. The third kappa shape index (κ3) is 3.25. The van der Waals surface area contributed by atoms with E-state index < -0.39 is 5.41 Å². The van der Waals surface area contributed by atoms with E-state index in [1.807, 2.05) is 0 Å². The fourth-order valence-electron chi connectivity index (χ4n) is 3.80. The van der Waals surface area contributed by atoms with E-state index >= 15 is 0 Å². The van der Waals surface area contributed by atoms with Gasteiger partial charge in [-0.25, -0.2) is 0 Å². The number of benzene rings is 1.